The van der Waals surface area contributed by atoms with Crippen LogP contribution >= 0.6 is 0 Å². The molecule has 0 heterocycles. The van der Waals surface area contributed by atoms with Gasteiger partial charge in [0.25, 0.3) is 0 Å². The van der Waals surface area contributed by atoms with Gasteiger partial charge in [0.05, 0.1) is 5.75 Å². The third-order valence-electron chi connectivity index (χ3n) is 0.900. The van der Waals surface area contributed by atoms with Crippen LogP contribution < -0.4 is 10.9 Å². The Morgan fingerprint density at radius 3 is 2.30 bits per heavy atom. The van der Waals surface area contributed by atoms with Crippen molar-refractivity contribution < 1.29 is 8.42 Å². The molecule has 0 bridgehead atoms. The zero-order chi connectivity index (χ0) is 8.04. The van der Waals surface area contributed by atoms with Gasteiger partial charge in [-0.15, -0.1) is 0 Å². The van der Waals surface area contributed by atoms with Gasteiger partial charge >= 0.3 is 0 Å². The number of hydrogen-bond acceptors (Lipinski definition) is 4. The molecule has 0 radical (unpaired) electrons. The molecule has 0 saturated heterocycles. The fourth-order valence-electron chi connectivity index (χ4n) is 0.450. The lowest BCUT2D eigenvalue weighted by Gasteiger charge is -2.01. The van der Waals surface area contributed by atoms with E-state index < -0.39 is 9.84 Å². The molecule has 0 rings (SSSR count). The lowest BCUT2D eigenvalue weighted by Crippen LogP contribution is -2.35. The standard InChI is InChI=1S/C5H14N2O2S/c1-3-6-7-4-5-10(2,8)9/h6-7H,3-5H2,1-2H3. The van der Waals surface area contributed by atoms with Crippen LogP contribution in [0.2, 0.25) is 0 Å². The van der Waals surface area contributed by atoms with E-state index in [1.165, 1.54) is 6.26 Å². The predicted octanol–water partition coefficient (Wildman–Crippen LogP) is -0.855. The molecular weight excluding hydrogens is 152 g/mol. The van der Waals surface area contributed by atoms with Crippen molar-refractivity contribution in [3.63, 3.8) is 0 Å². The van der Waals surface area contributed by atoms with Crippen molar-refractivity contribution in [3.05, 3.63) is 0 Å². The minimum atomic E-state index is -2.81. The van der Waals surface area contributed by atoms with E-state index in [-0.39, 0.29) is 5.75 Å². The van der Waals surface area contributed by atoms with Gasteiger partial charge in [-0.1, -0.05) is 6.92 Å². The summed E-state index contributed by atoms with van der Waals surface area (Å²) in [6, 6.07) is 0. The predicted molar refractivity (Wildman–Crippen MR) is 41.4 cm³/mol. The van der Waals surface area contributed by atoms with E-state index in [1.54, 1.807) is 0 Å². The van der Waals surface area contributed by atoms with Crippen molar-refractivity contribution in [1.29, 1.82) is 0 Å². The van der Waals surface area contributed by atoms with Crippen LogP contribution in [0.25, 0.3) is 0 Å². The first-order valence-electron chi connectivity index (χ1n) is 3.19. The van der Waals surface area contributed by atoms with E-state index in [9.17, 15) is 8.42 Å². The lowest BCUT2D eigenvalue weighted by molar-refractivity contribution is 0.560. The summed E-state index contributed by atoms with van der Waals surface area (Å²) in [5, 5.41) is 0. The van der Waals surface area contributed by atoms with Gasteiger partial charge in [-0.05, 0) is 0 Å². The van der Waals surface area contributed by atoms with Crippen LogP contribution in [-0.2, 0) is 9.84 Å². The molecule has 0 aliphatic rings. The van der Waals surface area contributed by atoms with Crippen LogP contribution in [-0.4, -0.2) is 33.5 Å². The highest BCUT2D eigenvalue weighted by Crippen LogP contribution is 1.77. The second kappa shape index (κ2) is 4.65. The molecule has 10 heavy (non-hydrogen) atoms. The molecule has 0 aromatic carbocycles. The second-order valence-corrected chi connectivity index (χ2v) is 4.35. The average molecular weight is 166 g/mol. The zero-order valence-corrected chi connectivity index (χ0v) is 7.16. The molecule has 5 heteroatoms. The Labute approximate surface area is 61.9 Å². The molecule has 0 saturated carbocycles. The van der Waals surface area contributed by atoms with Gasteiger partial charge in [0, 0.05) is 19.3 Å². The Hall–Kier alpha value is -0.130. The second-order valence-electron chi connectivity index (χ2n) is 2.09. The van der Waals surface area contributed by atoms with Crippen molar-refractivity contribution in [2.75, 3.05) is 25.1 Å². The highest BCUT2D eigenvalue weighted by Gasteiger charge is 1.98. The molecule has 0 amide bonds. The number of sulfone groups is 1. The average Bonchev–Trinajstić information content (AvgIpc) is 1.78. The number of nitrogens with one attached hydrogen (secondary N) is 2. The Kier molecular flexibility index (Phi) is 4.59. The number of hydrazine groups is 1. The number of hydrogen-bond donors (Lipinski definition) is 2. The highest BCUT2D eigenvalue weighted by molar-refractivity contribution is 7.90. The van der Waals surface area contributed by atoms with Gasteiger partial charge in [0.2, 0.25) is 0 Å². The van der Waals surface area contributed by atoms with Gasteiger partial charge in [-0.3, -0.25) is 10.9 Å². The molecule has 0 aliphatic carbocycles. The summed E-state index contributed by atoms with van der Waals surface area (Å²) in [6.45, 7) is 3.20. The fraction of sp³-hybridized carbons (Fsp3) is 1.00. The molecular formula is C5H14N2O2S. The highest BCUT2D eigenvalue weighted by atomic mass is 32.2. The van der Waals surface area contributed by atoms with E-state index in [2.05, 4.69) is 10.9 Å². The summed E-state index contributed by atoms with van der Waals surface area (Å²) in [5.74, 6) is 0.181. The molecule has 62 valence electrons. The summed E-state index contributed by atoms with van der Waals surface area (Å²) in [6.07, 6.45) is 1.22. The first kappa shape index (κ1) is 9.87. The number of rotatable bonds is 5. The quantitative estimate of drug-likeness (QED) is 0.412. The van der Waals surface area contributed by atoms with Gasteiger partial charge < -0.3 is 0 Å². The molecule has 0 unspecified atom stereocenters. The largest absolute Gasteiger partial charge is 0.258 e. The molecule has 0 aromatic heterocycles. The van der Waals surface area contributed by atoms with E-state index in [0.717, 1.165) is 6.54 Å². The van der Waals surface area contributed by atoms with Crippen LogP contribution in [0, 0.1) is 0 Å². The van der Waals surface area contributed by atoms with E-state index in [4.69, 9.17) is 0 Å². The van der Waals surface area contributed by atoms with Crippen molar-refractivity contribution in [2.24, 2.45) is 0 Å². The molecule has 2 N–H and O–H groups in total. The Morgan fingerprint density at radius 1 is 1.30 bits per heavy atom. The van der Waals surface area contributed by atoms with Gasteiger partial charge in [0.15, 0.2) is 0 Å². The Morgan fingerprint density at radius 2 is 1.90 bits per heavy atom. The minimum absolute atomic E-state index is 0.181. The first-order valence-corrected chi connectivity index (χ1v) is 5.25. The lowest BCUT2D eigenvalue weighted by atomic mass is 10.8. The molecule has 0 atom stereocenters. The molecule has 0 aliphatic heterocycles. The maximum Gasteiger partial charge on any atom is 0.148 e. The summed E-state index contributed by atoms with van der Waals surface area (Å²) < 4.78 is 21.1. The van der Waals surface area contributed by atoms with Crippen LogP contribution in [0.1, 0.15) is 6.92 Å². The third kappa shape index (κ3) is 7.87. The van der Waals surface area contributed by atoms with Crippen LogP contribution in [0.15, 0.2) is 0 Å². The maximum absolute atomic E-state index is 10.5. The first-order chi connectivity index (χ1) is 4.56. The summed E-state index contributed by atoms with van der Waals surface area (Å²) in [4.78, 5) is 0. The molecule has 4 nitrogen and oxygen atoms in total. The van der Waals surface area contributed by atoms with Gasteiger partial charge in [0.1, 0.15) is 9.84 Å². The normalized spacial score (nSPS) is 11.8. The van der Waals surface area contributed by atoms with Crippen LogP contribution in [0.5, 0.6) is 0 Å². The van der Waals surface area contributed by atoms with Crippen molar-refractivity contribution in [2.45, 2.75) is 6.92 Å². The van der Waals surface area contributed by atoms with Crippen molar-refractivity contribution in [3.8, 4) is 0 Å². The summed E-state index contributed by atoms with van der Waals surface area (Å²) >= 11 is 0. The summed E-state index contributed by atoms with van der Waals surface area (Å²) in [7, 11) is -2.81. The van der Waals surface area contributed by atoms with Gasteiger partial charge in [-0.2, -0.15) is 0 Å². The summed E-state index contributed by atoms with van der Waals surface area (Å²) in [5.41, 5.74) is 5.57. The third-order valence-corrected chi connectivity index (χ3v) is 1.85. The molecule has 0 spiro atoms. The monoisotopic (exact) mass is 166 g/mol. The fourth-order valence-corrected chi connectivity index (χ4v) is 0.923. The Balaban J connectivity index is 3.21. The van der Waals surface area contributed by atoms with E-state index in [0.29, 0.717) is 6.54 Å². The van der Waals surface area contributed by atoms with Crippen molar-refractivity contribution >= 4 is 9.84 Å². The maximum atomic E-state index is 10.5. The topological polar surface area (TPSA) is 58.2 Å². The van der Waals surface area contributed by atoms with E-state index >= 15 is 0 Å². The zero-order valence-electron chi connectivity index (χ0n) is 6.35. The van der Waals surface area contributed by atoms with E-state index in [1.807, 2.05) is 6.92 Å². The molecule has 0 aromatic rings. The van der Waals surface area contributed by atoms with Gasteiger partial charge in [-0.25, -0.2) is 8.42 Å². The Bertz CT molecular complexity index is 164. The van der Waals surface area contributed by atoms with Crippen molar-refractivity contribution in [1.82, 2.24) is 10.9 Å². The minimum Gasteiger partial charge on any atom is -0.258 e. The molecule has 0 fully saturated rings. The van der Waals surface area contributed by atoms with Crippen LogP contribution in [0.4, 0.5) is 0 Å². The van der Waals surface area contributed by atoms with Crippen LogP contribution in [0.3, 0.4) is 0 Å². The smallest absolute Gasteiger partial charge is 0.148 e. The SMILES string of the molecule is CCNNCCS(C)(=O)=O.